The molecule has 3 heteroatoms. The van der Waals surface area contributed by atoms with Gasteiger partial charge in [-0.15, -0.1) is 0 Å². The van der Waals surface area contributed by atoms with E-state index in [-0.39, 0.29) is 5.91 Å². The zero-order valence-corrected chi connectivity index (χ0v) is 7.49. The molecule has 2 nitrogen and oxygen atoms in total. The van der Waals surface area contributed by atoms with E-state index in [9.17, 15) is 4.79 Å². The number of rotatable bonds is 3. The molecule has 0 bridgehead atoms. The fraction of sp³-hybridized carbons (Fsp3) is 0.625. The van der Waals surface area contributed by atoms with E-state index in [4.69, 9.17) is 0 Å². The van der Waals surface area contributed by atoms with Gasteiger partial charge in [0.2, 0.25) is 5.91 Å². The predicted molar refractivity (Wildman–Crippen MR) is 48.7 cm³/mol. The molecule has 0 spiro atoms. The zero-order valence-electron chi connectivity index (χ0n) is 6.67. The monoisotopic (exact) mass is 171 g/mol. The lowest BCUT2D eigenvalue weighted by Crippen LogP contribution is -2.44. The first-order chi connectivity index (χ1) is 5.26. The lowest BCUT2D eigenvalue weighted by Gasteiger charge is -2.34. The first-order valence-electron chi connectivity index (χ1n) is 3.72. The lowest BCUT2D eigenvalue weighted by molar-refractivity contribution is -0.117. The van der Waals surface area contributed by atoms with Crippen LogP contribution in [0.1, 0.15) is 12.8 Å². The Morgan fingerprint density at radius 2 is 2.36 bits per heavy atom. The molecular formula is C8H13NOS. The molecule has 0 aromatic carbocycles. The van der Waals surface area contributed by atoms with Crippen LogP contribution in [-0.2, 0) is 4.79 Å². The van der Waals surface area contributed by atoms with Gasteiger partial charge in [-0.1, -0.05) is 6.58 Å². The van der Waals surface area contributed by atoms with Gasteiger partial charge < -0.3 is 5.32 Å². The molecule has 0 aromatic heterocycles. The average Bonchev–Trinajstić information content (AvgIpc) is 1.95. The molecule has 0 aliphatic heterocycles. The van der Waals surface area contributed by atoms with Gasteiger partial charge in [0, 0.05) is 11.3 Å². The molecule has 62 valence electrons. The molecule has 1 fully saturated rings. The van der Waals surface area contributed by atoms with Crippen molar-refractivity contribution in [1.82, 2.24) is 5.32 Å². The molecule has 1 rings (SSSR count). The second-order valence-electron chi connectivity index (χ2n) is 2.74. The minimum atomic E-state index is -0.0467. The maximum atomic E-state index is 10.8. The Labute approximate surface area is 71.4 Å². The van der Waals surface area contributed by atoms with Gasteiger partial charge in [0.05, 0.1) is 0 Å². The van der Waals surface area contributed by atoms with Crippen molar-refractivity contribution in [1.29, 1.82) is 0 Å². The van der Waals surface area contributed by atoms with Gasteiger partial charge in [0.15, 0.2) is 0 Å². The molecule has 1 N–H and O–H groups in total. The molecule has 1 aliphatic rings. The van der Waals surface area contributed by atoms with Gasteiger partial charge in [0.1, 0.15) is 0 Å². The number of nitrogens with one attached hydrogen (secondary N) is 1. The summed E-state index contributed by atoms with van der Waals surface area (Å²) >= 11 is 1.87. The molecule has 1 aliphatic carbocycles. The van der Waals surface area contributed by atoms with E-state index in [2.05, 4.69) is 18.2 Å². The van der Waals surface area contributed by atoms with Gasteiger partial charge in [-0.25, -0.2) is 0 Å². The highest BCUT2D eigenvalue weighted by Crippen LogP contribution is 2.29. The molecule has 0 radical (unpaired) electrons. The number of hydrogen-bond donors (Lipinski definition) is 1. The minimum absolute atomic E-state index is 0.0467. The molecule has 11 heavy (non-hydrogen) atoms. The van der Waals surface area contributed by atoms with Crippen LogP contribution in [0.5, 0.6) is 0 Å². The molecule has 0 atom stereocenters. The normalized spacial score (nSPS) is 28.8. The van der Waals surface area contributed by atoms with Crippen molar-refractivity contribution < 1.29 is 4.79 Å². The predicted octanol–water partition coefficient (Wildman–Crippen LogP) is 1.18. The van der Waals surface area contributed by atoms with Crippen LogP contribution < -0.4 is 5.32 Å². The van der Waals surface area contributed by atoms with E-state index in [1.165, 1.54) is 6.08 Å². The second-order valence-corrected chi connectivity index (χ2v) is 3.88. The quantitative estimate of drug-likeness (QED) is 0.646. The minimum Gasteiger partial charge on any atom is -0.350 e. The van der Waals surface area contributed by atoms with Crippen LogP contribution in [0.2, 0.25) is 0 Å². The Hall–Kier alpha value is -0.440. The van der Waals surface area contributed by atoms with E-state index >= 15 is 0 Å². The highest BCUT2D eigenvalue weighted by molar-refractivity contribution is 7.99. The maximum absolute atomic E-state index is 10.8. The summed E-state index contributed by atoms with van der Waals surface area (Å²) in [5.74, 6) is -0.0467. The van der Waals surface area contributed by atoms with Crippen LogP contribution >= 0.6 is 11.8 Å². The topological polar surface area (TPSA) is 29.1 Å². The Morgan fingerprint density at radius 3 is 2.82 bits per heavy atom. The summed E-state index contributed by atoms with van der Waals surface area (Å²) in [6.45, 7) is 3.39. The molecule has 0 heterocycles. The lowest BCUT2D eigenvalue weighted by atomic mass is 9.92. The van der Waals surface area contributed by atoms with Crippen molar-refractivity contribution in [2.75, 3.05) is 6.26 Å². The number of amides is 1. The van der Waals surface area contributed by atoms with Crippen molar-refractivity contribution in [3.8, 4) is 0 Å². The molecule has 0 unspecified atom stereocenters. The summed E-state index contributed by atoms with van der Waals surface area (Å²) in [7, 11) is 0. The van der Waals surface area contributed by atoms with Crippen LogP contribution in [0.15, 0.2) is 12.7 Å². The Kier molecular flexibility index (Phi) is 3.00. The molecule has 1 saturated carbocycles. The fourth-order valence-corrected chi connectivity index (χ4v) is 1.99. The maximum Gasteiger partial charge on any atom is 0.243 e. The summed E-state index contributed by atoms with van der Waals surface area (Å²) < 4.78 is 0. The Balaban J connectivity index is 2.13. The molecule has 0 aromatic rings. The Morgan fingerprint density at radius 1 is 1.73 bits per heavy atom. The zero-order chi connectivity index (χ0) is 8.27. The number of carbonyl (C=O) groups is 1. The smallest absolute Gasteiger partial charge is 0.243 e. The van der Waals surface area contributed by atoms with Gasteiger partial charge >= 0.3 is 0 Å². The van der Waals surface area contributed by atoms with Crippen LogP contribution in [0, 0.1) is 0 Å². The number of thioether (sulfide) groups is 1. The first kappa shape index (κ1) is 8.65. The number of hydrogen-bond acceptors (Lipinski definition) is 2. The van der Waals surface area contributed by atoms with Crippen LogP contribution in [0.3, 0.4) is 0 Å². The summed E-state index contributed by atoms with van der Waals surface area (Å²) in [5, 5.41) is 3.61. The molecule has 1 amide bonds. The SMILES string of the molecule is C=CC(=O)NC1CC(SC)C1. The molecular weight excluding hydrogens is 158 g/mol. The third-order valence-corrected chi connectivity index (χ3v) is 3.01. The van der Waals surface area contributed by atoms with Crippen molar-refractivity contribution in [2.45, 2.75) is 24.1 Å². The summed E-state index contributed by atoms with van der Waals surface area (Å²) in [6, 6.07) is 0.401. The van der Waals surface area contributed by atoms with E-state index in [1.807, 2.05) is 11.8 Å². The highest BCUT2D eigenvalue weighted by atomic mass is 32.2. The first-order valence-corrected chi connectivity index (χ1v) is 5.00. The fourth-order valence-electron chi connectivity index (χ4n) is 1.14. The highest BCUT2D eigenvalue weighted by Gasteiger charge is 2.28. The van der Waals surface area contributed by atoms with E-state index in [1.54, 1.807) is 0 Å². The van der Waals surface area contributed by atoms with Crippen molar-refractivity contribution in [2.24, 2.45) is 0 Å². The summed E-state index contributed by atoms with van der Waals surface area (Å²) in [5.41, 5.74) is 0. The Bertz CT molecular complexity index is 163. The summed E-state index contributed by atoms with van der Waals surface area (Å²) in [6.07, 6.45) is 5.66. The number of carbonyl (C=O) groups excluding carboxylic acids is 1. The van der Waals surface area contributed by atoms with E-state index in [0.29, 0.717) is 6.04 Å². The van der Waals surface area contributed by atoms with Crippen LogP contribution in [-0.4, -0.2) is 23.5 Å². The van der Waals surface area contributed by atoms with Gasteiger partial charge in [-0.3, -0.25) is 4.79 Å². The van der Waals surface area contributed by atoms with Crippen molar-refractivity contribution in [3.63, 3.8) is 0 Å². The second kappa shape index (κ2) is 3.81. The van der Waals surface area contributed by atoms with Crippen LogP contribution in [0.25, 0.3) is 0 Å². The van der Waals surface area contributed by atoms with Crippen molar-refractivity contribution in [3.05, 3.63) is 12.7 Å². The van der Waals surface area contributed by atoms with Crippen molar-refractivity contribution >= 4 is 17.7 Å². The summed E-state index contributed by atoms with van der Waals surface area (Å²) in [4.78, 5) is 10.8. The molecule has 0 saturated heterocycles. The average molecular weight is 171 g/mol. The van der Waals surface area contributed by atoms with Crippen LogP contribution in [0.4, 0.5) is 0 Å². The van der Waals surface area contributed by atoms with E-state index < -0.39 is 0 Å². The van der Waals surface area contributed by atoms with Gasteiger partial charge in [-0.2, -0.15) is 11.8 Å². The third-order valence-electron chi connectivity index (χ3n) is 1.96. The third kappa shape index (κ3) is 2.26. The van der Waals surface area contributed by atoms with Gasteiger partial charge in [0.25, 0.3) is 0 Å². The standard InChI is InChI=1S/C8H13NOS/c1-3-8(10)9-6-4-7(5-6)11-2/h3,6-7H,1,4-5H2,2H3,(H,9,10). The van der Waals surface area contributed by atoms with E-state index in [0.717, 1.165) is 18.1 Å². The van der Waals surface area contributed by atoms with Gasteiger partial charge in [-0.05, 0) is 25.2 Å². The largest absolute Gasteiger partial charge is 0.350 e.